The summed E-state index contributed by atoms with van der Waals surface area (Å²) >= 11 is 0. The van der Waals surface area contributed by atoms with Crippen LogP contribution in [0.3, 0.4) is 0 Å². The first-order chi connectivity index (χ1) is 14.3. The Kier molecular flexibility index (Phi) is 8.37. The number of methoxy groups -OCH3 is 1. The zero-order valence-electron chi connectivity index (χ0n) is 17.3. The van der Waals surface area contributed by atoms with Gasteiger partial charge in [-0.25, -0.2) is 13.2 Å². The standard InChI is InChI=1S/C21H26N2O6S/c1-4-5-14-29-21(25)16-6-8-17(9-7-16)22-20(24)15-23(2)30(26,27)19-12-10-18(28-3)11-13-19/h6-13H,4-5,14-15H2,1-3H3,(H,22,24). The van der Waals surface area contributed by atoms with Crippen LogP contribution in [0.1, 0.15) is 30.1 Å². The largest absolute Gasteiger partial charge is 0.497 e. The van der Waals surface area contributed by atoms with Gasteiger partial charge in [-0.15, -0.1) is 0 Å². The van der Waals surface area contributed by atoms with Crippen molar-refractivity contribution < 1.29 is 27.5 Å². The van der Waals surface area contributed by atoms with Crippen molar-refractivity contribution in [2.45, 2.75) is 24.7 Å². The van der Waals surface area contributed by atoms with Crippen molar-refractivity contribution >= 4 is 27.6 Å². The number of amides is 1. The average molecular weight is 435 g/mol. The van der Waals surface area contributed by atoms with E-state index in [0.29, 0.717) is 23.6 Å². The molecule has 162 valence electrons. The quantitative estimate of drug-likeness (QED) is 0.456. The van der Waals surface area contributed by atoms with Crippen LogP contribution in [-0.4, -0.2) is 51.9 Å². The van der Waals surface area contributed by atoms with Crippen LogP contribution in [0.25, 0.3) is 0 Å². The van der Waals surface area contributed by atoms with Crippen molar-refractivity contribution in [3.63, 3.8) is 0 Å². The van der Waals surface area contributed by atoms with Crippen molar-refractivity contribution in [3.8, 4) is 5.75 Å². The molecule has 2 aromatic carbocycles. The van der Waals surface area contributed by atoms with Gasteiger partial charge in [0.2, 0.25) is 15.9 Å². The van der Waals surface area contributed by atoms with E-state index in [1.165, 1.54) is 38.4 Å². The summed E-state index contributed by atoms with van der Waals surface area (Å²) in [5, 5.41) is 2.62. The van der Waals surface area contributed by atoms with Gasteiger partial charge in [0, 0.05) is 12.7 Å². The topological polar surface area (TPSA) is 102 Å². The van der Waals surface area contributed by atoms with Gasteiger partial charge in [-0.2, -0.15) is 4.31 Å². The zero-order valence-corrected chi connectivity index (χ0v) is 18.1. The number of carbonyl (C=O) groups is 2. The van der Waals surface area contributed by atoms with Crippen molar-refractivity contribution in [1.82, 2.24) is 4.31 Å². The third-order valence-corrected chi connectivity index (χ3v) is 6.09. The molecule has 1 N–H and O–H groups in total. The Labute approximate surface area is 176 Å². The summed E-state index contributed by atoms with van der Waals surface area (Å²) in [6, 6.07) is 12.1. The molecule has 2 rings (SSSR count). The molecule has 0 aromatic heterocycles. The molecule has 0 saturated carbocycles. The van der Waals surface area contributed by atoms with Gasteiger partial charge in [0.05, 0.1) is 30.7 Å². The lowest BCUT2D eigenvalue weighted by molar-refractivity contribution is -0.116. The maximum Gasteiger partial charge on any atom is 0.338 e. The summed E-state index contributed by atoms with van der Waals surface area (Å²) in [6.07, 6.45) is 1.73. The molecule has 0 saturated heterocycles. The van der Waals surface area contributed by atoms with E-state index >= 15 is 0 Å². The summed E-state index contributed by atoms with van der Waals surface area (Å²) in [5.41, 5.74) is 0.823. The maximum absolute atomic E-state index is 12.6. The molecule has 2 aromatic rings. The molecule has 30 heavy (non-hydrogen) atoms. The van der Waals surface area contributed by atoms with Crippen LogP contribution in [0, 0.1) is 0 Å². The number of hydrogen-bond donors (Lipinski definition) is 1. The highest BCUT2D eigenvalue weighted by molar-refractivity contribution is 7.89. The van der Waals surface area contributed by atoms with Gasteiger partial charge >= 0.3 is 5.97 Å². The zero-order chi connectivity index (χ0) is 22.1. The molecule has 0 heterocycles. The van der Waals surface area contributed by atoms with Crippen molar-refractivity contribution in [1.29, 1.82) is 0 Å². The van der Waals surface area contributed by atoms with Crippen molar-refractivity contribution in [2.24, 2.45) is 0 Å². The van der Waals surface area contributed by atoms with Gasteiger partial charge in [0.1, 0.15) is 5.75 Å². The summed E-state index contributed by atoms with van der Waals surface area (Å²) in [7, 11) is -1.01. The molecular weight excluding hydrogens is 408 g/mol. The van der Waals surface area contributed by atoms with Crippen LogP contribution in [0.4, 0.5) is 5.69 Å². The van der Waals surface area contributed by atoms with E-state index in [1.54, 1.807) is 24.3 Å². The van der Waals surface area contributed by atoms with Crippen LogP contribution in [-0.2, 0) is 19.6 Å². The predicted molar refractivity (Wildman–Crippen MR) is 113 cm³/mol. The number of unbranched alkanes of at least 4 members (excludes halogenated alkanes) is 1. The van der Waals surface area contributed by atoms with Crippen LogP contribution < -0.4 is 10.1 Å². The molecule has 0 aliphatic rings. The first-order valence-corrected chi connectivity index (χ1v) is 10.9. The molecule has 1 amide bonds. The van der Waals surface area contributed by atoms with E-state index in [9.17, 15) is 18.0 Å². The SMILES string of the molecule is CCCCOC(=O)c1ccc(NC(=O)CN(C)S(=O)(=O)c2ccc(OC)cc2)cc1. The van der Waals surface area contributed by atoms with E-state index in [4.69, 9.17) is 9.47 Å². The second-order valence-electron chi connectivity index (χ2n) is 6.55. The van der Waals surface area contributed by atoms with Gasteiger partial charge in [-0.05, 0) is 55.0 Å². The average Bonchev–Trinajstić information content (AvgIpc) is 2.74. The lowest BCUT2D eigenvalue weighted by Crippen LogP contribution is -2.34. The fourth-order valence-electron chi connectivity index (χ4n) is 2.50. The minimum Gasteiger partial charge on any atom is -0.497 e. The normalized spacial score (nSPS) is 11.2. The second kappa shape index (κ2) is 10.7. The molecule has 9 heteroatoms. The molecule has 0 aliphatic carbocycles. The lowest BCUT2D eigenvalue weighted by atomic mass is 10.2. The molecule has 0 aliphatic heterocycles. The van der Waals surface area contributed by atoms with Crippen LogP contribution in [0.2, 0.25) is 0 Å². The van der Waals surface area contributed by atoms with Crippen LogP contribution in [0.5, 0.6) is 5.75 Å². The smallest absolute Gasteiger partial charge is 0.338 e. The highest BCUT2D eigenvalue weighted by atomic mass is 32.2. The van der Waals surface area contributed by atoms with E-state index in [0.717, 1.165) is 17.1 Å². The summed E-state index contributed by atoms with van der Waals surface area (Å²) in [4.78, 5) is 24.2. The third-order valence-electron chi connectivity index (χ3n) is 4.27. The number of sulfonamides is 1. The summed E-state index contributed by atoms with van der Waals surface area (Å²) in [6.45, 7) is 2.00. The Bertz CT molecular complexity index is 956. The monoisotopic (exact) mass is 434 g/mol. The number of ether oxygens (including phenoxy) is 2. The highest BCUT2D eigenvalue weighted by Crippen LogP contribution is 2.18. The highest BCUT2D eigenvalue weighted by Gasteiger charge is 2.23. The Morgan fingerprint density at radius 2 is 1.67 bits per heavy atom. The maximum atomic E-state index is 12.6. The molecule has 0 bridgehead atoms. The van der Waals surface area contributed by atoms with Gasteiger partial charge in [-0.3, -0.25) is 4.79 Å². The number of hydrogen-bond acceptors (Lipinski definition) is 6. The number of esters is 1. The number of likely N-dealkylation sites (N-methyl/N-ethyl adjacent to an activating group) is 1. The summed E-state index contributed by atoms with van der Waals surface area (Å²) < 4.78 is 36.3. The molecular formula is C21H26N2O6S. The van der Waals surface area contributed by atoms with Gasteiger partial charge in [0.15, 0.2) is 0 Å². The molecule has 0 fully saturated rings. The van der Waals surface area contributed by atoms with Gasteiger partial charge in [0.25, 0.3) is 0 Å². The van der Waals surface area contributed by atoms with E-state index < -0.39 is 21.9 Å². The summed E-state index contributed by atoms with van der Waals surface area (Å²) in [5.74, 6) is -0.397. The van der Waals surface area contributed by atoms with E-state index in [1.807, 2.05) is 6.92 Å². The fraction of sp³-hybridized carbons (Fsp3) is 0.333. The fourth-order valence-corrected chi connectivity index (χ4v) is 3.62. The van der Waals surface area contributed by atoms with Crippen LogP contribution in [0.15, 0.2) is 53.4 Å². The molecule has 0 unspecified atom stereocenters. The molecule has 0 atom stereocenters. The Balaban J connectivity index is 1.94. The van der Waals surface area contributed by atoms with E-state index in [2.05, 4.69) is 5.32 Å². The number of nitrogens with one attached hydrogen (secondary N) is 1. The minimum atomic E-state index is -3.82. The Morgan fingerprint density at radius 1 is 1.03 bits per heavy atom. The molecule has 0 radical (unpaired) electrons. The predicted octanol–water partition coefficient (Wildman–Crippen LogP) is 2.91. The Morgan fingerprint density at radius 3 is 2.23 bits per heavy atom. The number of carbonyl (C=O) groups excluding carboxylic acids is 2. The van der Waals surface area contributed by atoms with Crippen LogP contribution >= 0.6 is 0 Å². The third kappa shape index (κ3) is 6.30. The number of rotatable bonds is 10. The number of benzene rings is 2. The van der Waals surface area contributed by atoms with E-state index in [-0.39, 0.29) is 11.4 Å². The van der Waals surface area contributed by atoms with Crippen molar-refractivity contribution in [2.75, 3.05) is 32.6 Å². The minimum absolute atomic E-state index is 0.0598. The van der Waals surface area contributed by atoms with Crippen molar-refractivity contribution in [3.05, 3.63) is 54.1 Å². The second-order valence-corrected chi connectivity index (χ2v) is 8.60. The van der Waals surface area contributed by atoms with Gasteiger partial charge in [-0.1, -0.05) is 13.3 Å². The Hall–Kier alpha value is -2.91. The first kappa shape index (κ1) is 23.4. The van der Waals surface area contributed by atoms with Gasteiger partial charge < -0.3 is 14.8 Å². The molecule has 8 nitrogen and oxygen atoms in total. The number of anilines is 1. The lowest BCUT2D eigenvalue weighted by Gasteiger charge is -2.17. The molecule has 0 spiro atoms. The first-order valence-electron chi connectivity index (χ1n) is 9.45. The number of nitrogens with zero attached hydrogens (tertiary/aromatic N) is 1.